The molecule has 0 spiro atoms. The van der Waals surface area contributed by atoms with Crippen LogP contribution in [0.3, 0.4) is 0 Å². The van der Waals surface area contributed by atoms with Gasteiger partial charge in [-0.2, -0.15) is 0 Å². The number of hydrogen-bond donors (Lipinski definition) is 1. The van der Waals surface area contributed by atoms with Gasteiger partial charge < -0.3 is 25.0 Å². The van der Waals surface area contributed by atoms with Gasteiger partial charge in [-0.3, -0.25) is 4.90 Å². The minimum Gasteiger partial charge on any atom is -0.444 e. The number of carbonyl (C=O) groups is 2. The van der Waals surface area contributed by atoms with Crippen LogP contribution >= 0.6 is 0 Å². The second-order valence-corrected chi connectivity index (χ2v) is 8.06. The Morgan fingerprint density at radius 1 is 1.21 bits per heavy atom. The van der Waals surface area contributed by atoms with Gasteiger partial charge in [-0.15, -0.1) is 0 Å². The molecule has 2 aliphatic heterocycles. The van der Waals surface area contributed by atoms with E-state index in [1.54, 1.807) is 25.7 Å². The van der Waals surface area contributed by atoms with E-state index in [9.17, 15) is 18.4 Å². The predicted octanol–water partition coefficient (Wildman–Crippen LogP) is 2.31. The molecule has 3 rings (SSSR count). The van der Waals surface area contributed by atoms with Crippen LogP contribution in [0.4, 0.5) is 29.7 Å². The van der Waals surface area contributed by atoms with Crippen LogP contribution in [-0.4, -0.2) is 68.1 Å². The molecule has 2 fully saturated rings. The lowest BCUT2D eigenvalue weighted by atomic mass is 10.2. The molecule has 2 saturated heterocycles. The molecule has 0 radical (unpaired) electrons. The van der Waals surface area contributed by atoms with Crippen LogP contribution in [0.1, 0.15) is 20.8 Å². The second-order valence-electron chi connectivity index (χ2n) is 8.06. The summed E-state index contributed by atoms with van der Waals surface area (Å²) in [6, 6.07) is 2.22. The molecule has 2 amide bonds. The summed E-state index contributed by atoms with van der Waals surface area (Å²) in [6.07, 6.45) is -1.64. The highest BCUT2D eigenvalue weighted by molar-refractivity contribution is 5.90. The lowest BCUT2D eigenvalue weighted by Gasteiger charge is -2.37. The van der Waals surface area contributed by atoms with Crippen LogP contribution in [-0.2, 0) is 9.47 Å². The summed E-state index contributed by atoms with van der Waals surface area (Å²) >= 11 is 0. The molecule has 2 N–H and O–H groups in total. The third-order valence-corrected chi connectivity index (χ3v) is 4.70. The van der Waals surface area contributed by atoms with Crippen molar-refractivity contribution in [3.63, 3.8) is 0 Å². The molecule has 1 unspecified atom stereocenters. The Bertz CT molecular complexity index is 768. The van der Waals surface area contributed by atoms with Gasteiger partial charge in [-0.1, -0.05) is 0 Å². The molecular formula is C19H26F2N4O4. The maximum Gasteiger partial charge on any atom is 0.414 e. The first-order valence-electron chi connectivity index (χ1n) is 9.49. The highest BCUT2D eigenvalue weighted by Gasteiger charge is 2.33. The Labute approximate surface area is 168 Å². The third kappa shape index (κ3) is 4.69. The first kappa shape index (κ1) is 21.1. The number of amides is 2. The van der Waals surface area contributed by atoms with Crippen molar-refractivity contribution in [2.45, 2.75) is 32.5 Å². The molecule has 8 nitrogen and oxygen atoms in total. The Balaban J connectivity index is 1.70. The van der Waals surface area contributed by atoms with E-state index in [1.807, 2.05) is 0 Å². The molecule has 29 heavy (non-hydrogen) atoms. The average Bonchev–Trinajstić information content (AvgIpc) is 3.01. The van der Waals surface area contributed by atoms with Crippen LogP contribution < -0.4 is 15.5 Å². The molecule has 1 aromatic rings. The van der Waals surface area contributed by atoms with Crippen molar-refractivity contribution >= 4 is 23.6 Å². The van der Waals surface area contributed by atoms with Crippen molar-refractivity contribution in [1.29, 1.82) is 0 Å². The summed E-state index contributed by atoms with van der Waals surface area (Å²) in [4.78, 5) is 28.3. The number of ether oxygens (including phenoxy) is 2. The first-order valence-corrected chi connectivity index (χ1v) is 9.49. The highest BCUT2D eigenvalue weighted by Crippen LogP contribution is 2.31. The predicted molar refractivity (Wildman–Crippen MR) is 103 cm³/mol. The van der Waals surface area contributed by atoms with Gasteiger partial charge in [-0.05, 0) is 20.8 Å². The normalized spacial score (nSPS) is 20.1. The van der Waals surface area contributed by atoms with E-state index in [1.165, 1.54) is 4.90 Å². The van der Waals surface area contributed by atoms with Crippen LogP contribution in [0.15, 0.2) is 12.1 Å². The number of benzene rings is 1. The molecule has 0 bridgehead atoms. The zero-order chi connectivity index (χ0) is 21.3. The number of piperazine rings is 1. The zero-order valence-electron chi connectivity index (χ0n) is 16.8. The molecule has 0 saturated carbocycles. The van der Waals surface area contributed by atoms with Crippen LogP contribution in [0, 0.1) is 11.6 Å². The third-order valence-electron chi connectivity index (χ3n) is 4.70. The minimum atomic E-state index is -0.783. The molecule has 0 aromatic heterocycles. The van der Waals surface area contributed by atoms with E-state index >= 15 is 0 Å². The number of nitrogens with zero attached hydrogens (tertiary/aromatic N) is 3. The van der Waals surface area contributed by atoms with E-state index in [0.29, 0.717) is 0 Å². The number of rotatable bonds is 3. The van der Waals surface area contributed by atoms with Crippen molar-refractivity contribution in [3.05, 3.63) is 23.8 Å². The van der Waals surface area contributed by atoms with E-state index in [0.717, 1.165) is 17.0 Å². The van der Waals surface area contributed by atoms with Crippen LogP contribution in [0.25, 0.3) is 0 Å². The van der Waals surface area contributed by atoms with Gasteiger partial charge in [0.05, 0.1) is 12.2 Å². The van der Waals surface area contributed by atoms with Crippen molar-refractivity contribution in [3.8, 4) is 0 Å². The Morgan fingerprint density at radius 3 is 2.28 bits per heavy atom. The molecule has 2 heterocycles. The fourth-order valence-corrected chi connectivity index (χ4v) is 3.30. The van der Waals surface area contributed by atoms with Crippen LogP contribution in [0.5, 0.6) is 0 Å². The summed E-state index contributed by atoms with van der Waals surface area (Å²) in [6.45, 7) is 6.69. The Morgan fingerprint density at radius 2 is 1.79 bits per heavy atom. The number of nitrogens with two attached hydrogens (primary N) is 1. The lowest BCUT2D eigenvalue weighted by molar-refractivity contribution is 0.0240. The smallest absolute Gasteiger partial charge is 0.414 e. The quantitative estimate of drug-likeness (QED) is 0.820. The van der Waals surface area contributed by atoms with Crippen molar-refractivity contribution in [1.82, 2.24) is 4.90 Å². The van der Waals surface area contributed by atoms with Gasteiger partial charge in [0, 0.05) is 44.9 Å². The highest BCUT2D eigenvalue weighted by atomic mass is 19.1. The number of halogens is 2. The van der Waals surface area contributed by atoms with Gasteiger partial charge in [0.25, 0.3) is 0 Å². The molecule has 1 atom stereocenters. The summed E-state index contributed by atoms with van der Waals surface area (Å²) < 4.78 is 39.8. The fraction of sp³-hybridized carbons (Fsp3) is 0.579. The molecule has 0 aliphatic carbocycles. The number of cyclic esters (lactones) is 1. The summed E-state index contributed by atoms with van der Waals surface area (Å²) in [5, 5.41) is 0. The molecule has 2 aliphatic rings. The molecule has 1 aromatic carbocycles. The standard InChI is InChI=1S/C19H26F2N4O4/c1-19(2,3)29-17(26)24-6-4-23(5-7-24)16-14(20)8-12(9-15(16)21)25-11-13(10-22)28-18(25)27/h8-9,13H,4-7,10-11,22H2,1-3H3. The van der Waals surface area contributed by atoms with Crippen LogP contribution in [0.2, 0.25) is 0 Å². The van der Waals surface area contributed by atoms with E-state index in [-0.39, 0.29) is 50.6 Å². The maximum atomic E-state index is 14.7. The average molecular weight is 412 g/mol. The SMILES string of the molecule is CC(C)(C)OC(=O)N1CCN(c2c(F)cc(N3CC(CN)OC3=O)cc2F)CC1. The topological polar surface area (TPSA) is 88.3 Å². The monoisotopic (exact) mass is 412 g/mol. The van der Waals surface area contributed by atoms with Gasteiger partial charge in [0.15, 0.2) is 11.6 Å². The molecular weight excluding hydrogens is 386 g/mol. The Kier molecular flexibility index (Phi) is 5.83. The molecule has 160 valence electrons. The minimum absolute atomic E-state index is 0.0806. The zero-order valence-corrected chi connectivity index (χ0v) is 16.8. The largest absolute Gasteiger partial charge is 0.444 e. The maximum absolute atomic E-state index is 14.7. The van der Waals surface area contributed by atoms with Gasteiger partial charge >= 0.3 is 12.2 Å². The van der Waals surface area contributed by atoms with Gasteiger partial charge in [0.2, 0.25) is 0 Å². The number of carbonyl (C=O) groups excluding carboxylic acids is 2. The number of hydrogen-bond acceptors (Lipinski definition) is 6. The van der Waals surface area contributed by atoms with E-state index in [4.69, 9.17) is 15.2 Å². The van der Waals surface area contributed by atoms with Crippen molar-refractivity contribution in [2.24, 2.45) is 5.73 Å². The van der Waals surface area contributed by atoms with Crippen molar-refractivity contribution in [2.75, 3.05) is 49.1 Å². The lowest BCUT2D eigenvalue weighted by Crippen LogP contribution is -2.50. The Hall–Kier alpha value is -2.62. The second kappa shape index (κ2) is 8.02. The van der Waals surface area contributed by atoms with Gasteiger partial charge in [-0.25, -0.2) is 18.4 Å². The van der Waals surface area contributed by atoms with E-state index < -0.39 is 35.5 Å². The summed E-state index contributed by atoms with van der Waals surface area (Å²) in [5.41, 5.74) is 4.78. The first-order chi connectivity index (χ1) is 13.6. The van der Waals surface area contributed by atoms with Crippen molar-refractivity contribution < 1.29 is 27.8 Å². The summed E-state index contributed by atoms with van der Waals surface area (Å²) in [7, 11) is 0. The summed E-state index contributed by atoms with van der Waals surface area (Å²) in [5.74, 6) is -1.57. The van der Waals surface area contributed by atoms with E-state index in [2.05, 4.69) is 0 Å². The fourth-order valence-electron chi connectivity index (χ4n) is 3.30. The number of anilines is 2. The molecule has 10 heteroatoms. The van der Waals surface area contributed by atoms with Gasteiger partial charge in [0.1, 0.15) is 17.4 Å².